The highest BCUT2D eigenvalue weighted by atomic mass is 35.5. The normalized spacial score (nSPS) is 10.4. The standard InChI is InChI=1S/C17H15ClF2N2O2/c1-10-13(18)4-3-5-15(10)21-17(24)9-22(11(2)23)16-7-6-12(19)8-14(16)20/h3-8H,9H2,1-2H3,(H,21,24). The van der Waals surface area contributed by atoms with Gasteiger partial charge in [-0.2, -0.15) is 0 Å². The highest BCUT2D eigenvalue weighted by molar-refractivity contribution is 6.31. The average Bonchev–Trinajstić information content (AvgIpc) is 2.50. The van der Waals surface area contributed by atoms with Crippen LogP contribution in [0.4, 0.5) is 20.2 Å². The molecule has 1 N–H and O–H groups in total. The number of halogens is 3. The zero-order chi connectivity index (χ0) is 17.9. The minimum Gasteiger partial charge on any atom is -0.324 e. The monoisotopic (exact) mass is 352 g/mol. The molecule has 0 radical (unpaired) electrons. The van der Waals surface area contributed by atoms with Crippen molar-refractivity contribution < 1.29 is 18.4 Å². The first-order chi connectivity index (χ1) is 11.3. The molecule has 0 aliphatic carbocycles. The Hall–Kier alpha value is -2.47. The van der Waals surface area contributed by atoms with E-state index < -0.39 is 30.0 Å². The van der Waals surface area contributed by atoms with E-state index in [1.165, 1.54) is 6.92 Å². The van der Waals surface area contributed by atoms with Crippen LogP contribution in [0, 0.1) is 18.6 Å². The predicted octanol–water partition coefficient (Wildman–Crippen LogP) is 3.92. The highest BCUT2D eigenvalue weighted by Gasteiger charge is 2.20. The van der Waals surface area contributed by atoms with Gasteiger partial charge in [-0.25, -0.2) is 8.78 Å². The number of nitrogens with one attached hydrogen (secondary N) is 1. The lowest BCUT2D eigenvalue weighted by Crippen LogP contribution is -2.37. The fourth-order valence-corrected chi connectivity index (χ4v) is 2.32. The van der Waals surface area contributed by atoms with Crippen molar-refractivity contribution in [2.75, 3.05) is 16.8 Å². The van der Waals surface area contributed by atoms with E-state index in [0.717, 1.165) is 17.0 Å². The van der Waals surface area contributed by atoms with Gasteiger partial charge in [0.1, 0.15) is 18.2 Å². The molecule has 0 saturated carbocycles. The molecule has 4 nitrogen and oxygen atoms in total. The Morgan fingerprint density at radius 1 is 1.21 bits per heavy atom. The Balaban J connectivity index is 2.20. The maximum absolute atomic E-state index is 13.9. The molecule has 0 heterocycles. The van der Waals surface area contributed by atoms with Crippen molar-refractivity contribution in [3.05, 3.63) is 58.6 Å². The Kier molecular flexibility index (Phi) is 5.51. The van der Waals surface area contributed by atoms with Gasteiger partial charge in [0.25, 0.3) is 0 Å². The molecule has 0 spiro atoms. The first-order valence-electron chi connectivity index (χ1n) is 7.07. The van der Waals surface area contributed by atoms with Crippen LogP contribution in [0.2, 0.25) is 5.02 Å². The Bertz CT molecular complexity index is 796. The van der Waals surface area contributed by atoms with Crippen molar-refractivity contribution in [3.8, 4) is 0 Å². The number of hydrogen-bond donors (Lipinski definition) is 1. The Labute approximate surface area is 143 Å². The van der Waals surface area contributed by atoms with Gasteiger partial charge in [0.2, 0.25) is 11.8 Å². The number of carbonyl (C=O) groups is 2. The predicted molar refractivity (Wildman–Crippen MR) is 89.2 cm³/mol. The summed E-state index contributed by atoms with van der Waals surface area (Å²) in [6.45, 7) is 2.52. The van der Waals surface area contributed by atoms with E-state index in [0.29, 0.717) is 22.3 Å². The van der Waals surface area contributed by atoms with Gasteiger partial charge in [-0.15, -0.1) is 0 Å². The zero-order valence-electron chi connectivity index (χ0n) is 13.1. The number of hydrogen-bond acceptors (Lipinski definition) is 2. The van der Waals surface area contributed by atoms with Gasteiger partial charge in [0, 0.05) is 23.7 Å². The third-order valence-electron chi connectivity index (χ3n) is 3.42. The summed E-state index contributed by atoms with van der Waals surface area (Å²) in [5.74, 6) is -2.76. The van der Waals surface area contributed by atoms with E-state index in [9.17, 15) is 18.4 Å². The van der Waals surface area contributed by atoms with E-state index in [1.54, 1.807) is 25.1 Å². The largest absolute Gasteiger partial charge is 0.324 e. The van der Waals surface area contributed by atoms with E-state index in [4.69, 9.17) is 11.6 Å². The van der Waals surface area contributed by atoms with Crippen LogP contribution in [0.15, 0.2) is 36.4 Å². The van der Waals surface area contributed by atoms with Crippen LogP contribution in [0.5, 0.6) is 0 Å². The van der Waals surface area contributed by atoms with Crippen molar-refractivity contribution >= 4 is 34.8 Å². The van der Waals surface area contributed by atoms with Crippen molar-refractivity contribution in [2.45, 2.75) is 13.8 Å². The van der Waals surface area contributed by atoms with Crippen molar-refractivity contribution in [1.82, 2.24) is 0 Å². The third kappa shape index (κ3) is 4.08. The van der Waals surface area contributed by atoms with Gasteiger partial charge in [0.05, 0.1) is 5.69 Å². The SMILES string of the molecule is CC(=O)N(CC(=O)Nc1cccc(Cl)c1C)c1ccc(F)cc1F. The molecule has 0 aliphatic rings. The smallest absolute Gasteiger partial charge is 0.244 e. The van der Waals surface area contributed by atoms with Gasteiger partial charge in [-0.1, -0.05) is 17.7 Å². The van der Waals surface area contributed by atoms with E-state index >= 15 is 0 Å². The summed E-state index contributed by atoms with van der Waals surface area (Å²) in [4.78, 5) is 24.9. The molecule has 0 aliphatic heterocycles. The second-order valence-corrected chi connectivity index (χ2v) is 5.57. The molecule has 0 atom stereocenters. The molecule has 0 bridgehead atoms. The van der Waals surface area contributed by atoms with Crippen molar-refractivity contribution in [1.29, 1.82) is 0 Å². The van der Waals surface area contributed by atoms with Crippen LogP contribution < -0.4 is 10.2 Å². The molecular formula is C17H15ClF2N2O2. The summed E-state index contributed by atoms with van der Waals surface area (Å²) in [5.41, 5.74) is 1.01. The number of anilines is 2. The maximum Gasteiger partial charge on any atom is 0.244 e. The number of nitrogens with zero attached hydrogens (tertiary/aromatic N) is 1. The van der Waals surface area contributed by atoms with Gasteiger partial charge < -0.3 is 10.2 Å². The average molecular weight is 353 g/mol. The quantitative estimate of drug-likeness (QED) is 0.906. The molecule has 126 valence electrons. The minimum absolute atomic E-state index is 0.165. The lowest BCUT2D eigenvalue weighted by atomic mass is 10.2. The number of carbonyl (C=O) groups excluding carboxylic acids is 2. The summed E-state index contributed by atoms with van der Waals surface area (Å²) in [6.07, 6.45) is 0. The first-order valence-corrected chi connectivity index (χ1v) is 7.45. The van der Waals surface area contributed by atoms with Crippen LogP contribution in [0.1, 0.15) is 12.5 Å². The van der Waals surface area contributed by atoms with Crippen LogP contribution in [0.3, 0.4) is 0 Å². The minimum atomic E-state index is -0.920. The van der Waals surface area contributed by atoms with Crippen LogP contribution in [-0.4, -0.2) is 18.4 Å². The lowest BCUT2D eigenvalue weighted by Gasteiger charge is -2.21. The summed E-state index contributed by atoms with van der Waals surface area (Å²) in [6, 6.07) is 7.81. The summed E-state index contributed by atoms with van der Waals surface area (Å²) < 4.78 is 26.9. The molecule has 2 amide bonds. The highest BCUT2D eigenvalue weighted by Crippen LogP contribution is 2.24. The van der Waals surface area contributed by atoms with Crippen LogP contribution in [0.25, 0.3) is 0 Å². The Morgan fingerprint density at radius 3 is 2.54 bits per heavy atom. The van der Waals surface area contributed by atoms with Gasteiger partial charge in [0.15, 0.2) is 0 Å². The molecule has 2 aromatic rings. The fourth-order valence-electron chi connectivity index (χ4n) is 2.14. The van der Waals surface area contributed by atoms with Crippen molar-refractivity contribution in [2.24, 2.45) is 0 Å². The molecule has 2 rings (SSSR count). The fraction of sp³-hybridized carbons (Fsp3) is 0.176. The van der Waals surface area contributed by atoms with E-state index in [2.05, 4.69) is 5.32 Å². The molecule has 2 aromatic carbocycles. The van der Waals surface area contributed by atoms with Crippen LogP contribution in [-0.2, 0) is 9.59 Å². The van der Waals surface area contributed by atoms with Crippen LogP contribution >= 0.6 is 11.6 Å². The molecule has 24 heavy (non-hydrogen) atoms. The van der Waals surface area contributed by atoms with E-state index in [-0.39, 0.29) is 5.69 Å². The molecule has 0 unspecified atom stereocenters. The van der Waals surface area contributed by atoms with Gasteiger partial charge in [-0.3, -0.25) is 9.59 Å². The number of benzene rings is 2. The molecule has 0 fully saturated rings. The lowest BCUT2D eigenvalue weighted by molar-refractivity contribution is -0.120. The molecule has 0 saturated heterocycles. The topological polar surface area (TPSA) is 49.4 Å². The first kappa shape index (κ1) is 17.9. The molecule has 0 aromatic heterocycles. The number of rotatable bonds is 4. The zero-order valence-corrected chi connectivity index (χ0v) is 13.8. The summed E-state index contributed by atoms with van der Waals surface area (Å²) >= 11 is 5.98. The third-order valence-corrected chi connectivity index (χ3v) is 3.83. The van der Waals surface area contributed by atoms with Gasteiger partial charge in [-0.05, 0) is 36.8 Å². The second-order valence-electron chi connectivity index (χ2n) is 5.16. The summed E-state index contributed by atoms with van der Waals surface area (Å²) in [7, 11) is 0. The molecular weight excluding hydrogens is 338 g/mol. The second kappa shape index (κ2) is 7.40. The van der Waals surface area contributed by atoms with Crippen molar-refractivity contribution in [3.63, 3.8) is 0 Å². The number of amides is 2. The van der Waals surface area contributed by atoms with Gasteiger partial charge >= 0.3 is 0 Å². The maximum atomic E-state index is 13.9. The molecule has 7 heteroatoms. The van der Waals surface area contributed by atoms with E-state index in [1.807, 2.05) is 0 Å². The summed E-state index contributed by atoms with van der Waals surface area (Å²) in [5, 5.41) is 3.11. The Morgan fingerprint density at radius 2 is 1.92 bits per heavy atom.